The van der Waals surface area contributed by atoms with Gasteiger partial charge in [-0.25, -0.2) is 14.3 Å². The lowest BCUT2D eigenvalue weighted by Crippen LogP contribution is -2.53. The maximum atomic E-state index is 13.4. The number of rotatable bonds is 10. The van der Waals surface area contributed by atoms with E-state index in [2.05, 4.69) is 15.4 Å². The fraction of sp³-hybridized carbons (Fsp3) is 0.222. The number of methoxy groups -OCH3 is 1. The number of hydrogen-bond donors (Lipinski definition) is 4. The zero-order valence-electron chi connectivity index (χ0n) is 22.5. The van der Waals surface area contributed by atoms with Crippen LogP contribution in [-0.4, -0.2) is 65.6 Å². The first-order valence-electron chi connectivity index (χ1n) is 12.1. The van der Waals surface area contributed by atoms with Gasteiger partial charge in [-0.2, -0.15) is 8.42 Å². The Morgan fingerprint density at radius 3 is 2.02 bits per heavy atom. The van der Waals surface area contributed by atoms with E-state index in [-0.39, 0.29) is 18.1 Å². The Morgan fingerprint density at radius 1 is 0.850 bits per heavy atom. The van der Waals surface area contributed by atoms with Gasteiger partial charge in [-0.3, -0.25) is 9.52 Å². The molecular formula is C27H32N6O6S. The third kappa shape index (κ3) is 8.63. The van der Waals surface area contributed by atoms with Crippen LogP contribution in [0, 0.1) is 0 Å². The topological polar surface area (TPSA) is 149 Å². The molecule has 0 spiro atoms. The summed E-state index contributed by atoms with van der Waals surface area (Å²) in [6.45, 7) is 0. The van der Waals surface area contributed by atoms with Crippen LogP contribution in [0.3, 0.4) is 0 Å². The first kappa shape index (κ1) is 29.8. The van der Waals surface area contributed by atoms with Gasteiger partial charge in [-0.1, -0.05) is 30.3 Å². The van der Waals surface area contributed by atoms with Crippen LogP contribution in [0.1, 0.15) is 5.56 Å². The van der Waals surface area contributed by atoms with Crippen molar-refractivity contribution in [1.29, 1.82) is 0 Å². The standard InChI is InChI=1S/C27H32N6O6S/c1-32(2)27(36)28-20-10-12-21(13-11-20)30-40(37,38)31-26(35)29-24(18-19-8-6-5-7-9-19)25(34)33(3)22-14-16-23(39-4)17-15-22/h5-17,24,30H,18H2,1-4H3,(H,28,36)(H2,29,31,35)/t24-/m0/s1. The summed E-state index contributed by atoms with van der Waals surface area (Å²) in [6.07, 6.45) is 0.126. The zero-order chi connectivity index (χ0) is 29.3. The van der Waals surface area contributed by atoms with Crippen LogP contribution >= 0.6 is 0 Å². The molecule has 3 aromatic rings. The zero-order valence-corrected chi connectivity index (χ0v) is 23.4. The summed E-state index contributed by atoms with van der Waals surface area (Å²) in [5.74, 6) is 0.165. The molecule has 0 bridgehead atoms. The van der Waals surface area contributed by atoms with Crippen molar-refractivity contribution in [2.24, 2.45) is 0 Å². The normalized spacial score (nSPS) is 11.5. The second-order valence-corrected chi connectivity index (χ2v) is 10.3. The van der Waals surface area contributed by atoms with Gasteiger partial charge in [-0.15, -0.1) is 0 Å². The first-order chi connectivity index (χ1) is 19.0. The molecule has 0 heterocycles. The Kier molecular flexibility index (Phi) is 9.92. The monoisotopic (exact) mass is 568 g/mol. The number of urea groups is 2. The van der Waals surface area contributed by atoms with Gasteiger partial charge in [0, 0.05) is 38.9 Å². The number of anilines is 3. The quantitative estimate of drug-likeness (QED) is 0.295. The van der Waals surface area contributed by atoms with E-state index in [4.69, 9.17) is 4.74 Å². The van der Waals surface area contributed by atoms with Crippen LogP contribution in [-0.2, 0) is 21.4 Å². The Bertz CT molecular complexity index is 1410. The minimum atomic E-state index is -4.35. The number of nitrogens with one attached hydrogen (secondary N) is 4. The predicted octanol–water partition coefficient (Wildman–Crippen LogP) is 3.02. The summed E-state index contributed by atoms with van der Waals surface area (Å²) >= 11 is 0. The number of nitrogens with zero attached hydrogens (tertiary/aromatic N) is 2. The van der Waals surface area contributed by atoms with Gasteiger partial charge < -0.3 is 25.2 Å². The molecule has 212 valence electrons. The molecule has 0 aliphatic heterocycles. The Morgan fingerprint density at radius 2 is 1.45 bits per heavy atom. The van der Waals surface area contributed by atoms with Crippen molar-refractivity contribution in [2.75, 3.05) is 43.2 Å². The number of carbonyl (C=O) groups is 3. The molecular weight excluding hydrogens is 536 g/mol. The lowest BCUT2D eigenvalue weighted by Gasteiger charge is -2.25. The highest BCUT2D eigenvalue weighted by Gasteiger charge is 2.27. The van der Waals surface area contributed by atoms with Gasteiger partial charge >= 0.3 is 22.3 Å². The molecule has 3 aromatic carbocycles. The third-order valence-corrected chi connectivity index (χ3v) is 6.66. The second kappa shape index (κ2) is 13.3. The van der Waals surface area contributed by atoms with Crippen LogP contribution in [0.15, 0.2) is 78.9 Å². The molecule has 0 saturated carbocycles. The fourth-order valence-electron chi connectivity index (χ4n) is 3.56. The van der Waals surface area contributed by atoms with Crippen molar-refractivity contribution in [1.82, 2.24) is 14.9 Å². The molecule has 0 aromatic heterocycles. The summed E-state index contributed by atoms with van der Waals surface area (Å²) in [7, 11) is 1.91. The van der Waals surface area contributed by atoms with E-state index in [1.807, 2.05) is 10.8 Å². The van der Waals surface area contributed by atoms with Crippen LogP contribution in [0.2, 0.25) is 0 Å². The summed E-state index contributed by atoms with van der Waals surface area (Å²) in [4.78, 5) is 40.6. The van der Waals surface area contributed by atoms with E-state index in [0.717, 1.165) is 5.56 Å². The van der Waals surface area contributed by atoms with Crippen molar-refractivity contribution in [3.8, 4) is 5.75 Å². The van der Waals surface area contributed by atoms with E-state index < -0.39 is 28.2 Å². The number of ether oxygens (including phenoxy) is 1. The maximum absolute atomic E-state index is 13.4. The van der Waals surface area contributed by atoms with Crippen LogP contribution in [0.5, 0.6) is 5.75 Å². The van der Waals surface area contributed by atoms with Crippen molar-refractivity contribution in [2.45, 2.75) is 12.5 Å². The molecule has 4 N–H and O–H groups in total. The smallest absolute Gasteiger partial charge is 0.330 e. The third-order valence-electron chi connectivity index (χ3n) is 5.70. The minimum Gasteiger partial charge on any atom is -0.497 e. The summed E-state index contributed by atoms with van der Waals surface area (Å²) in [5.41, 5.74) is 1.94. The summed E-state index contributed by atoms with van der Waals surface area (Å²) in [5, 5.41) is 5.11. The number of carbonyl (C=O) groups excluding carboxylic acids is 3. The van der Waals surface area contributed by atoms with E-state index >= 15 is 0 Å². The predicted molar refractivity (Wildman–Crippen MR) is 154 cm³/mol. The second-order valence-electron chi connectivity index (χ2n) is 8.92. The minimum absolute atomic E-state index is 0.126. The van der Waals surface area contributed by atoms with Crippen molar-refractivity contribution < 1.29 is 27.5 Å². The van der Waals surface area contributed by atoms with E-state index in [9.17, 15) is 22.8 Å². The van der Waals surface area contributed by atoms with Crippen LogP contribution < -0.4 is 29.7 Å². The van der Waals surface area contributed by atoms with Gasteiger partial charge in [0.15, 0.2) is 0 Å². The van der Waals surface area contributed by atoms with Gasteiger partial charge in [0.25, 0.3) is 0 Å². The summed E-state index contributed by atoms with van der Waals surface area (Å²) < 4.78 is 34.5. The fourth-order valence-corrected chi connectivity index (χ4v) is 4.36. The van der Waals surface area contributed by atoms with Gasteiger partial charge in [-0.05, 0) is 54.1 Å². The maximum Gasteiger partial charge on any atom is 0.330 e. The van der Waals surface area contributed by atoms with Crippen LogP contribution in [0.25, 0.3) is 0 Å². The molecule has 12 nitrogen and oxygen atoms in total. The van der Waals surface area contributed by atoms with Gasteiger partial charge in [0.2, 0.25) is 5.91 Å². The Balaban J connectivity index is 1.69. The number of benzene rings is 3. The Hall–Kier alpha value is -4.78. The largest absolute Gasteiger partial charge is 0.497 e. The molecule has 40 heavy (non-hydrogen) atoms. The highest BCUT2D eigenvalue weighted by Crippen LogP contribution is 2.20. The highest BCUT2D eigenvalue weighted by molar-refractivity contribution is 7.91. The molecule has 0 aliphatic carbocycles. The van der Waals surface area contributed by atoms with Gasteiger partial charge in [0.05, 0.1) is 12.8 Å². The lowest BCUT2D eigenvalue weighted by atomic mass is 10.0. The van der Waals surface area contributed by atoms with E-state index in [1.165, 1.54) is 41.2 Å². The molecule has 5 amide bonds. The molecule has 0 radical (unpaired) electrons. The molecule has 0 fully saturated rings. The van der Waals surface area contributed by atoms with Crippen molar-refractivity contribution >= 4 is 45.2 Å². The molecule has 0 aliphatic rings. The molecule has 1 atom stereocenters. The SMILES string of the molecule is COc1ccc(N(C)C(=O)[C@H](Cc2ccccc2)NC(=O)NS(=O)(=O)Nc2ccc(NC(=O)N(C)C)cc2)cc1. The molecule has 0 saturated heterocycles. The van der Waals surface area contributed by atoms with E-state index in [1.54, 1.807) is 69.7 Å². The first-order valence-corrected chi connectivity index (χ1v) is 13.6. The van der Waals surface area contributed by atoms with E-state index in [0.29, 0.717) is 17.1 Å². The molecule has 3 rings (SSSR count). The Labute approximate surface area is 233 Å². The number of amides is 5. The van der Waals surface area contributed by atoms with Crippen LogP contribution in [0.4, 0.5) is 26.7 Å². The number of hydrogen-bond acceptors (Lipinski definition) is 6. The van der Waals surface area contributed by atoms with Gasteiger partial charge in [0.1, 0.15) is 11.8 Å². The average Bonchev–Trinajstić information content (AvgIpc) is 2.93. The lowest BCUT2D eigenvalue weighted by molar-refractivity contribution is -0.120. The van der Waals surface area contributed by atoms with Crippen molar-refractivity contribution in [3.63, 3.8) is 0 Å². The van der Waals surface area contributed by atoms with Crippen molar-refractivity contribution in [3.05, 3.63) is 84.4 Å². The average molecular weight is 569 g/mol. The molecule has 0 unspecified atom stereocenters. The summed E-state index contributed by atoms with van der Waals surface area (Å²) in [6, 6.07) is 19.2. The molecule has 13 heteroatoms. The highest BCUT2D eigenvalue weighted by atomic mass is 32.2. The number of likely N-dealkylation sites (N-methyl/N-ethyl adjacent to an activating group) is 1.